The molecule has 2 atom stereocenters. The van der Waals surface area contributed by atoms with Crippen LogP contribution in [0.15, 0.2) is 17.1 Å². The Balaban J connectivity index is 0.00000136. The van der Waals surface area contributed by atoms with Crippen molar-refractivity contribution >= 4 is 35.0 Å². The smallest absolute Gasteiger partial charge is 0.341 e. The van der Waals surface area contributed by atoms with Crippen LogP contribution in [-0.4, -0.2) is 53.9 Å². The summed E-state index contributed by atoms with van der Waals surface area (Å²) in [4.78, 5) is 26.4. The molecule has 5 rings (SSSR count). The number of fused-ring (bicyclic) bond motifs is 2. The number of aromatic carboxylic acids is 1. The monoisotopic (exact) mass is 455 g/mol. The van der Waals surface area contributed by atoms with Crippen molar-refractivity contribution < 1.29 is 24.5 Å². The molecule has 0 amide bonds. The van der Waals surface area contributed by atoms with Gasteiger partial charge in [-0.3, -0.25) is 4.79 Å². The third-order valence-corrected chi connectivity index (χ3v) is 6.49. The van der Waals surface area contributed by atoms with Crippen LogP contribution in [0.25, 0.3) is 10.9 Å². The first kappa shape index (κ1) is 23.3. The standard InChI is InChI=1S/C21H24FN3O4.ClH.H2O/c1-29-20-17-13(19(26)14(21(27)28)9-25(17)12-4-5-12)7-15(22)18(20)24-8-11-3-2-6-23-16(11)10-24;;/h7,9,11-12,16,23H,2-6,8,10H2,1H3,(H,27,28);1H;1H2/t11-,16+;;/m0../s1. The lowest BCUT2D eigenvalue weighted by Crippen LogP contribution is -2.40. The van der Waals surface area contributed by atoms with E-state index in [-0.39, 0.29) is 34.9 Å². The van der Waals surface area contributed by atoms with Crippen LogP contribution in [0.2, 0.25) is 0 Å². The number of nitrogens with one attached hydrogen (secondary N) is 1. The molecule has 0 spiro atoms. The SMILES string of the molecule is COc1c(N2C[C@@H]3CCCN[C@@H]3C2)c(F)cc2c(=O)c(C(=O)O)cn(C3CC3)c12.Cl.O. The van der Waals surface area contributed by atoms with Gasteiger partial charge in [-0.15, -0.1) is 12.4 Å². The lowest BCUT2D eigenvalue weighted by atomic mass is 9.94. The largest absolute Gasteiger partial charge is 0.492 e. The summed E-state index contributed by atoms with van der Waals surface area (Å²) in [7, 11) is 1.48. The van der Waals surface area contributed by atoms with Crippen molar-refractivity contribution in [3.8, 4) is 5.75 Å². The molecule has 2 aromatic rings. The molecule has 3 fully saturated rings. The Bertz CT molecular complexity index is 1060. The number of pyridine rings is 1. The highest BCUT2D eigenvalue weighted by Gasteiger charge is 2.38. The summed E-state index contributed by atoms with van der Waals surface area (Å²) in [6.45, 7) is 2.40. The number of hydrogen-bond donors (Lipinski definition) is 2. The Morgan fingerprint density at radius 3 is 2.65 bits per heavy atom. The van der Waals surface area contributed by atoms with Gasteiger partial charge in [0.15, 0.2) is 11.6 Å². The van der Waals surface area contributed by atoms with E-state index < -0.39 is 17.2 Å². The molecule has 3 aliphatic rings. The maximum Gasteiger partial charge on any atom is 0.341 e. The number of ether oxygens (including phenoxy) is 1. The zero-order valence-electron chi connectivity index (χ0n) is 17.2. The summed E-state index contributed by atoms with van der Waals surface area (Å²) < 4.78 is 22.8. The number of nitrogens with zero attached hydrogens (tertiary/aromatic N) is 2. The second kappa shape index (κ2) is 8.64. The fraction of sp³-hybridized carbons (Fsp3) is 0.524. The molecule has 1 aromatic carbocycles. The number of rotatable bonds is 4. The van der Waals surface area contributed by atoms with Gasteiger partial charge >= 0.3 is 5.97 Å². The molecule has 3 heterocycles. The summed E-state index contributed by atoms with van der Waals surface area (Å²) >= 11 is 0. The third-order valence-electron chi connectivity index (χ3n) is 6.49. The topological polar surface area (TPSA) is 115 Å². The molecule has 10 heteroatoms. The van der Waals surface area contributed by atoms with E-state index in [4.69, 9.17) is 4.74 Å². The number of carbonyl (C=O) groups is 1. The number of carboxylic acid groups (broad SMARTS) is 1. The zero-order chi connectivity index (χ0) is 20.3. The van der Waals surface area contributed by atoms with E-state index in [1.807, 2.05) is 4.90 Å². The number of piperidine rings is 1. The van der Waals surface area contributed by atoms with Crippen LogP contribution in [0.1, 0.15) is 42.1 Å². The van der Waals surface area contributed by atoms with E-state index in [9.17, 15) is 14.7 Å². The molecule has 4 N–H and O–H groups in total. The predicted molar refractivity (Wildman–Crippen MR) is 118 cm³/mol. The summed E-state index contributed by atoms with van der Waals surface area (Å²) in [5.41, 5.74) is -0.155. The van der Waals surface area contributed by atoms with Crippen molar-refractivity contribution in [2.24, 2.45) is 5.92 Å². The first-order valence-electron chi connectivity index (χ1n) is 10.2. The molecule has 0 radical (unpaired) electrons. The number of anilines is 1. The first-order valence-corrected chi connectivity index (χ1v) is 10.2. The summed E-state index contributed by atoms with van der Waals surface area (Å²) in [6, 6.07) is 1.62. The van der Waals surface area contributed by atoms with Gasteiger partial charge in [0.05, 0.1) is 18.0 Å². The molecule has 31 heavy (non-hydrogen) atoms. The van der Waals surface area contributed by atoms with Crippen molar-refractivity contribution in [3.63, 3.8) is 0 Å². The molecule has 1 aromatic heterocycles. The van der Waals surface area contributed by atoms with Gasteiger partial charge in [-0.1, -0.05) is 0 Å². The number of benzene rings is 1. The van der Waals surface area contributed by atoms with Gasteiger partial charge in [0.1, 0.15) is 11.3 Å². The van der Waals surface area contributed by atoms with Crippen LogP contribution < -0.4 is 20.4 Å². The zero-order valence-corrected chi connectivity index (χ0v) is 18.0. The highest BCUT2D eigenvalue weighted by atomic mass is 35.5. The Labute approximate surface area is 184 Å². The van der Waals surface area contributed by atoms with Gasteiger partial charge in [0.2, 0.25) is 5.43 Å². The molecular weight excluding hydrogens is 429 g/mol. The molecule has 1 saturated carbocycles. The van der Waals surface area contributed by atoms with E-state index in [0.29, 0.717) is 35.5 Å². The van der Waals surface area contributed by atoms with Crippen LogP contribution in [0.4, 0.5) is 10.1 Å². The maximum absolute atomic E-state index is 15.3. The lowest BCUT2D eigenvalue weighted by Gasteiger charge is -2.25. The lowest BCUT2D eigenvalue weighted by molar-refractivity contribution is 0.0694. The van der Waals surface area contributed by atoms with E-state index >= 15 is 4.39 Å². The van der Waals surface area contributed by atoms with Gasteiger partial charge in [0.25, 0.3) is 0 Å². The highest BCUT2D eigenvalue weighted by molar-refractivity contribution is 5.97. The fourth-order valence-corrected chi connectivity index (χ4v) is 4.95. The van der Waals surface area contributed by atoms with E-state index in [1.165, 1.54) is 19.4 Å². The second-order valence-corrected chi connectivity index (χ2v) is 8.32. The van der Waals surface area contributed by atoms with Crippen molar-refractivity contribution in [3.05, 3.63) is 33.9 Å². The molecule has 0 bridgehead atoms. The van der Waals surface area contributed by atoms with Crippen LogP contribution >= 0.6 is 12.4 Å². The summed E-state index contributed by atoms with van der Waals surface area (Å²) in [5.74, 6) is -1.07. The average molecular weight is 456 g/mol. The minimum atomic E-state index is -1.30. The quantitative estimate of drug-likeness (QED) is 0.728. The van der Waals surface area contributed by atoms with Crippen molar-refractivity contribution in [1.82, 2.24) is 9.88 Å². The molecule has 8 nitrogen and oxygen atoms in total. The second-order valence-electron chi connectivity index (χ2n) is 8.32. The molecule has 2 saturated heterocycles. The van der Waals surface area contributed by atoms with Gasteiger partial charge in [-0.2, -0.15) is 0 Å². The molecular formula is C21H27ClFN3O5. The van der Waals surface area contributed by atoms with Crippen LogP contribution in [-0.2, 0) is 0 Å². The number of aromatic nitrogens is 1. The Hall–Kier alpha value is -2.36. The normalized spacial score (nSPS) is 22.5. The van der Waals surface area contributed by atoms with Crippen LogP contribution in [0.3, 0.4) is 0 Å². The van der Waals surface area contributed by atoms with Gasteiger partial charge < -0.3 is 30.1 Å². The minimum absolute atomic E-state index is 0. The maximum atomic E-state index is 15.3. The van der Waals surface area contributed by atoms with Crippen molar-refractivity contribution in [1.29, 1.82) is 0 Å². The average Bonchev–Trinajstić information content (AvgIpc) is 3.45. The first-order chi connectivity index (χ1) is 14.0. The Kier molecular flexibility index (Phi) is 6.50. The summed E-state index contributed by atoms with van der Waals surface area (Å²) in [5, 5.41) is 13.0. The molecule has 2 aliphatic heterocycles. The van der Waals surface area contributed by atoms with Gasteiger partial charge in [-0.25, -0.2) is 9.18 Å². The molecule has 1 aliphatic carbocycles. The van der Waals surface area contributed by atoms with Crippen LogP contribution in [0.5, 0.6) is 5.75 Å². The van der Waals surface area contributed by atoms with E-state index in [1.54, 1.807) is 4.57 Å². The predicted octanol–water partition coefficient (Wildman–Crippen LogP) is 1.97. The Morgan fingerprint density at radius 1 is 1.29 bits per heavy atom. The van der Waals surface area contributed by atoms with Crippen LogP contribution in [0, 0.1) is 11.7 Å². The Morgan fingerprint density at radius 2 is 2.03 bits per heavy atom. The van der Waals surface area contributed by atoms with Crippen molar-refractivity contribution in [2.75, 3.05) is 31.6 Å². The minimum Gasteiger partial charge on any atom is -0.492 e. The van der Waals surface area contributed by atoms with E-state index in [0.717, 1.165) is 38.8 Å². The summed E-state index contributed by atoms with van der Waals surface area (Å²) in [6.07, 6.45) is 5.40. The van der Waals surface area contributed by atoms with Gasteiger partial charge in [-0.05, 0) is 44.2 Å². The number of halogens is 2. The third kappa shape index (κ3) is 3.75. The fourth-order valence-electron chi connectivity index (χ4n) is 4.95. The van der Waals surface area contributed by atoms with Crippen molar-refractivity contribution in [2.45, 2.75) is 37.8 Å². The number of methoxy groups -OCH3 is 1. The molecule has 0 unspecified atom stereocenters. The number of carboxylic acids is 1. The van der Waals surface area contributed by atoms with E-state index in [2.05, 4.69) is 5.32 Å². The van der Waals surface area contributed by atoms with Gasteiger partial charge in [0, 0.05) is 31.4 Å². The number of hydrogen-bond acceptors (Lipinski definition) is 5. The highest BCUT2D eigenvalue weighted by Crippen LogP contribution is 2.45. The molecule has 170 valence electrons.